The first kappa shape index (κ1) is 15.0. The van der Waals surface area contributed by atoms with Gasteiger partial charge in [-0.15, -0.1) is 5.10 Å². The van der Waals surface area contributed by atoms with Crippen LogP contribution in [0.5, 0.6) is 5.75 Å². The molecule has 0 spiro atoms. The molecule has 0 atom stereocenters. The first-order valence-electron chi connectivity index (χ1n) is 6.95. The van der Waals surface area contributed by atoms with Crippen molar-refractivity contribution in [3.8, 4) is 17.2 Å². The van der Waals surface area contributed by atoms with E-state index in [2.05, 4.69) is 15.5 Å². The van der Waals surface area contributed by atoms with Gasteiger partial charge in [0.15, 0.2) is 0 Å². The van der Waals surface area contributed by atoms with Gasteiger partial charge in [0.2, 0.25) is 5.91 Å². The van der Waals surface area contributed by atoms with E-state index in [0.717, 1.165) is 0 Å². The van der Waals surface area contributed by atoms with E-state index in [-0.39, 0.29) is 17.8 Å². The Balaban J connectivity index is 2.15. The molecule has 6 heteroatoms. The maximum absolute atomic E-state index is 11.7. The van der Waals surface area contributed by atoms with Crippen LogP contribution in [-0.2, 0) is 4.79 Å². The smallest absolute Gasteiger partial charge is 0.322 e. The molecule has 0 aliphatic rings. The highest BCUT2D eigenvalue weighted by atomic mass is 16.5. The lowest BCUT2D eigenvalue weighted by Gasteiger charge is -2.06. The molecule has 21 heavy (non-hydrogen) atoms. The van der Waals surface area contributed by atoms with E-state index in [9.17, 15) is 4.79 Å². The highest BCUT2D eigenvalue weighted by Gasteiger charge is 2.15. The summed E-state index contributed by atoms with van der Waals surface area (Å²) >= 11 is 0. The van der Waals surface area contributed by atoms with Crippen molar-refractivity contribution >= 4 is 11.9 Å². The van der Waals surface area contributed by atoms with Gasteiger partial charge in [0.25, 0.3) is 5.89 Å². The average Bonchev–Trinajstić information content (AvgIpc) is 2.87. The van der Waals surface area contributed by atoms with Crippen molar-refractivity contribution < 1.29 is 13.9 Å². The summed E-state index contributed by atoms with van der Waals surface area (Å²) in [6, 6.07) is 7.50. The molecule has 0 unspecified atom stereocenters. The lowest BCUT2D eigenvalue weighted by molar-refractivity contribution is -0.117. The number of anilines is 1. The van der Waals surface area contributed by atoms with Crippen LogP contribution in [0.25, 0.3) is 11.5 Å². The molecule has 0 bridgehead atoms. The number of hydrogen-bond donors (Lipinski definition) is 1. The number of carbonyl (C=O) groups is 1. The van der Waals surface area contributed by atoms with Crippen molar-refractivity contribution in [2.75, 3.05) is 11.9 Å². The summed E-state index contributed by atoms with van der Waals surface area (Å²) in [6.45, 7) is 6.39. The minimum atomic E-state index is -0.140. The maximum Gasteiger partial charge on any atom is 0.322 e. The number of hydrogen-bond acceptors (Lipinski definition) is 5. The molecule has 1 aromatic carbocycles. The molecule has 2 aromatic rings. The summed E-state index contributed by atoms with van der Waals surface area (Å²) < 4.78 is 11.0. The van der Waals surface area contributed by atoms with E-state index in [1.165, 1.54) is 0 Å². The Hall–Kier alpha value is -2.37. The number of carbonyl (C=O) groups excluding carboxylic acids is 1. The molecule has 1 heterocycles. The SMILES string of the molecule is CCOc1ccccc1-c1nnc(NC(=O)CC(C)C)o1. The zero-order chi connectivity index (χ0) is 15.2. The van der Waals surface area contributed by atoms with Gasteiger partial charge in [0.05, 0.1) is 12.2 Å². The molecule has 0 aliphatic carbocycles. The van der Waals surface area contributed by atoms with E-state index in [1.54, 1.807) is 0 Å². The van der Waals surface area contributed by atoms with Gasteiger partial charge in [0.1, 0.15) is 5.75 Å². The number of amides is 1. The summed E-state index contributed by atoms with van der Waals surface area (Å²) in [4.78, 5) is 11.7. The van der Waals surface area contributed by atoms with Crippen molar-refractivity contribution in [3.63, 3.8) is 0 Å². The van der Waals surface area contributed by atoms with E-state index < -0.39 is 0 Å². The zero-order valence-corrected chi connectivity index (χ0v) is 12.4. The normalized spacial score (nSPS) is 10.7. The first-order chi connectivity index (χ1) is 10.1. The molecule has 0 radical (unpaired) electrons. The third kappa shape index (κ3) is 4.05. The second-order valence-corrected chi connectivity index (χ2v) is 4.99. The van der Waals surface area contributed by atoms with Crippen LogP contribution >= 0.6 is 0 Å². The zero-order valence-electron chi connectivity index (χ0n) is 12.4. The third-order valence-corrected chi connectivity index (χ3v) is 2.68. The highest BCUT2D eigenvalue weighted by molar-refractivity contribution is 5.88. The molecule has 1 N–H and O–H groups in total. The van der Waals surface area contributed by atoms with Crippen LogP contribution in [0.3, 0.4) is 0 Å². The fourth-order valence-electron chi connectivity index (χ4n) is 1.85. The molecule has 1 aromatic heterocycles. The predicted octanol–water partition coefficient (Wildman–Crippen LogP) is 3.12. The van der Waals surface area contributed by atoms with Gasteiger partial charge >= 0.3 is 6.01 Å². The van der Waals surface area contributed by atoms with Gasteiger partial charge in [-0.05, 0) is 25.0 Å². The van der Waals surface area contributed by atoms with Gasteiger partial charge in [-0.1, -0.05) is 31.1 Å². The van der Waals surface area contributed by atoms with Crippen LogP contribution < -0.4 is 10.1 Å². The van der Waals surface area contributed by atoms with Gasteiger partial charge in [0, 0.05) is 6.42 Å². The molecule has 6 nitrogen and oxygen atoms in total. The lowest BCUT2D eigenvalue weighted by atomic mass is 10.1. The quantitative estimate of drug-likeness (QED) is 0.884. The molecular weight excluding hydrogens is 270 g/mol. The minimum absolute atomic E-state index is 0.0990. The first-order valence-corrected chi connectivity index (χ1v) is 6.95. The second kappa shape index (κ2) is 6.88. The Labute approximate surface area is 123 Å². The van der Waals surface area contributed by atoms with Crippen LogP contribution in [0.2, 0.25) is 0 Å². The van der Waals surface area contributed by atoms with Crippen LogP contribution in [-0.4, -0.2) is 22.7 Å². The van der Waals surface area contributed by atoms with E-state index in [4.69, 9.17) is 9.15 Å². The molecule has 112 valence electrons. The topological polar surface area (TPSA) is 77.3 Å². The number of nitrogens with zero attached hydrogens (tertiary/aromatic N) is 2. The Morgan fingerprint density at radius 2 is 2.10 bits per heavy atom. The van der Waals surface area contributed by atoms with E-state index in [1.807, 2.05) is 45.0 Å². The number of nitrogens with one attached hydrogen (secondary N) is 1. The summed E-state index contributed by atoms with van der Waals surface area (Å²) in [6.07, 6.45) is 0.410. The average molecular weight is 289 g/mol. The largest absolute Gasteiger partial charge is 0.493 e. The molecule has 0 saturated carbocycles. The van der Waals surface area contributed by atoms with Crippen LogP contribution in [0.4, 0.5) is 6.01 Å². The van der Waals surface area contributed by atoms with E-state index >= 15 is 0 Å². The summed E-state index contributed by atoms with van der Waals surface area (Å²) in [5.41, 5.74) is 0.705. The molecule has 0 aliphatic heterocycles. The summed E-state index contributed by atoms with van der Waals surface area (Å²) in [5, 5.41) is 10.4. The summed E-state index contributed by atoms with van der Waals surface area (Å²) in [5.74, 6) is 1.12. The fraction of sp³-hybridized carbons (Fsp3) is 0.400. The van der Waals surface area contributed by atoms with Crippen molar-refractivity contribution in [1.29, 1.82) is 0 Å². The number of para-hydroxylation sites is 1. The second-order valence-electron chi connectivity index (χ2n) is 4.99. The van der Waals surface area contributed by atoms with Crippen molar-refractivity contribution in [3.05, 3.63) is 24.3 Å². The molecule has 2 rings (SSSR count). The predicted molar refractivity (Wildman–Crippen MR) is 79.0 cm³/mol. The lowest BCUT2D eigenvalue weighted by Crippen LogP contribution is -2.13. The van der Waals surface area contributed by atoms with Crippen molar-refractivity contribution in [2.24, 2.45) is 5.92 Å². The highest BCUT2D eigenvalue weighted by Crippen LogP contribution is 2.29. The Bertz CT molecular complexity index is 608. The maximum atomic E-state index is 11.7. The fourth-order valence-corrected chi connectivity index (χ4v) is 1.85. The molecule has 1 amide bonds. The number of benzene rings is 1. The Kier molecular flexibility index (Phi) is 4.92. The van der Waals surface area contributed by atoms with Gasteiger partial charge in [-0.25, -0.2) is 0 Å². The molecular formula is C15H19N3O3. The number of aromatic nitrogens is 2. The standard InChI is InChI=1S/C15H19N3O3/c1-4-20-12-8-6-5-7-11(12)14-17-18-15(21-14)16-13(19)9-10(2)3/h5-8,10H,4,9H2,1-3H3,(H,16,18,19). The number of rotatable bonds is 6. The monoisotopic (exact) mass is 289 g/mol. The Morgan fingerprint density at radius 3 is 2.81 bits per heavy atom. The van der Waals surface area contributed by atoms with Crippen molar-refractivity contribution in [2.45, 2.75) is 27.2 Å². The Morgan fingerprint density at radius 1 is 1.33 bits per heavy atom. The van der Waals surface area contributed by atoms with Gasteiger partial charge < -0.3 is 9.15 Å². The van der Waals surface area contributed by atoms with Crippen LogP contribution in [0.15, 0.2) is 28.7 Å². The third-order valence-electron chi connectivity index (χ3n) is 2.68. The van der Waals surface area contributed by atoms with Crippen LogP contribution in [0, 0.1) is 5.92 Å². The van der Waals surface area contributed by atoms with Crippen LogP contribution in [0.1, 0.15) is 27.2 Å². The number of ether oxygens (including phenoxy) is 1. The summed E-state index contributed by atoms with van der Waals surface area (Å²) in [7, 11) is 0. The molecule has 0 fully saturated rings. The van der Waals surface area contributed by atoms with E-state index in [0.29, 0.717) is 30.2 Å². The molecule has 0 saturated heterocycles. The van der Waals surface area contributed by atoms with Crippen molar-refractivity contribution in [1.82, 2.24) is 10.2 Å². The van der Waals surface area contributed by atoms with Gasteiger partial charge in [-0.2, -0.15) is 0 Å². The van der Waals surface area contributed by atoms with Gasteiger partial charge in [-0.3, -0.25) is 10.1 Å². The minimum Gasteiger partial charge on any atom is -0.493 e.